The molecule has 0 saturated heterocycles. The third-order valence-electron chi connectivity index (χ3n) is 5.95. The fourth-order valence-corrected chi connectivity index (χ4v) is 4.26. The summed E-state index contributed by atoms with van der Waals surface area (Å²) in [6.07, 6.45) is 4.28. The number of nitrogens with two attached hydrogens (primary N) is 1. The number of esters is 1. The summed E-state index contributed by atoms with van der Waals surface area (Å²) in [6.45, 7) is 2.06. The van der Waals surface area contributed by atoms with Gasteiger partial charge in [0.05, 0.1) is 12.6 Å². The molecule has 3 N–H and O–H groups in total. The number of carbonyl (C=O) groups is 1. The van der Waals surface area contributed by atoms with E-state index in [0.717, 1.165) is 42.4 Å². The maximum absolute atomic E-state index is 12.1. The van der Waals surface area contributed by atoms with Gasteiger partial charge in [0.2, 0.25) is 0 Å². The lowest BCUT2D eigenvalue weighted by atomic mass is 9.89. The Labute approximate surface area is 188 Å². The van der Waals surface area contributed by atoms with Gasteiger partial charge in [-0.2, -0.15) is 0 Å². The first kappa shape index (κ1) is 22.1. The molecule has 0 bridgehead atoms. The predicted molar refractivity (Wildman–Crippen MR) is 122 cm³/mol. The smallest absolute Gasteiger partial charge is 0.327 e. The first-order valence-corrected chi connectivity index (χ1v) is 11.2. The Balaban J connectivity index is 1.64. The molecule has 1 aliphatic rings. The van der Waals surface area contributed by atoms with E-state index >= 15 is 0 Å². The minimum atomic E-state index is -0.367. The van der Waals surface area contributed by atoms with Crippen LogP contribution >= 0.6 is 0 Å². The zero-order chi connectivity index (χ0) is 22.3. The second-order valence-corrected chi connectivity index (χ2v) is 8.14. The van der Waals surface area contributed by atoms with Crippen molar-refractivity contribution in [3.8, 4) is 11.1 Å². The standard InChI is InChI=1S/C24H30N6O2/c1-2-32-22(31)16-30-24(27-28-29-30)23(26-21-11-7-6-10-20(21)25)19-14-12-18(13-15-19)17-8-4-3-5-9-17/h3-5,8-9,12-15,20-21,23,26H,2,6-7,10-11,16,25H2,1H3. The van der Waals surface area contributed by atoms with Gasteiger partial charge in [-0.05, 0) is 46.9 Å². The average molecular weight is 435 g/mol. The van der Waals surface area contributed by atoms with Crippen molar-refractivity contribution in [2.24, 2.45) is 5.73 Å². The molecule has 4 rings (SSSR count). The van der Waals surface area contributed by atoms with Gasteiger partial charge in [0.25, 0.3) is 0 Å². The molecule has 3 atom stereocenters. The van der Waals surface area contributed by atoms with Crippen LogP contribution in [0.5, 0.6) is 0 Å². The first-order valence-electron chi connectivity index (χ1n) is 11.2. The monoisotopic (exact) mass is 434 g/mol. The lowest BCUT2D eigenvalue weighted by molar-refractivity contribution is -0.144. The van der Waals surface area contributed by atoms with Crippen molar-refractivity contribution < 1.29 is 9.53 Å². The normalized spacial score (nSPS) is 19.4. The SMILES string of the molecule is CCOC(=O)Cn1nnnc1C(NC1CCCCC1N)c1ccc(-c2ccccc2)cc1. The van der Waals surface area contributed by atoms with Crippen LogP contribution in [0.3, 0.4) is 0 Å². The Morgan fingerprint density at radius 2 is 1.84 bits per heavy atom. The van der Waals surface area contributed by atoms with Crippen LogP contribution in [0.25, 0.3) is 11.1 Å². The van der Waals surface area contributed by atoms with Crippen LogP contribution in [0.15, 0.2) is 54.6 Å². The number of tetrazole rings is 1. The van der Waals surface area contributed by atoms with Gasteiger partial charge >= 0.3 is 5.97 Å². The van der Waals surface area contributed by atoms with Crippen molar-refractivity contribution in [1.29, 1.82) is 0 Å². The molecule has 1 aliphatic carbocycles. The molecule has 1 heterocycles. The van der Waals surface area contributed by atoms with Gasteiger partial charge in [-0.3, -0.25) is 10.1 Å². The van der Waals surface area contributed by atoms with Gasteiger partial charge in [-0.15, -0.1) is 5.10 Å². The zero-order valence-electron chi connectivity index (χ0n) is 18.4. The predicted octanol–water partition coefficient (Wildman–Crippen LogP) is 2.85. The lowest BCUT2D eigenvalue weighted by Gasteiger charge is -2.33. The molecule has 0 radical (unpaired) electrons. The summed E-state index contributed by atoms with van der Waals surface area (Å²) in [6, 6.07) is 18.5. The molecular weight excluding hydrogens is 404 g/mol. The molecule has 8 heteroatoms. The summed E-state index contributed by atoms with van der Waals surface area (Å²) in [5, 5.41) is 15.8. The van der Waals surface area contributed by atoms with Crippen LogP contribution in [0.2, 0.25) is 0 Å². The summed E-state index contributed by atoms with van der Waals surface area (Å²) in [5.74, 6) is 0.205. The van der Waals surface area contributed by atoms with Crippen LogP contribution in [0, 0.1) is 0 Å². The number of hydrogen-bond donors (Lipinski definition) is 2. The minimum Gasteiger partial charge on any atom is -0.465 e. The third kappa shape index (κ3) is 5.20. The number of rotatable bonds is 8. The first-order chi connectivity index (χ1) is 15.7. The van der Waals surface area contributed by atoms with Gasteiger partial charge in [0.15, 0.2) is 5.82 Å². The van der Waals surface area contributed by atoms with E-state index in [-0.39, 0.29) is 30.6 Å². The van der Waals surface area contributed by atoms with Gasteiger partial charge in [-0.1, -0.05) is 67.4 Å². The highest BCUT2D eigenvalue weighted by Gasteiger charge is 2.29. The molecule has 3 aromatic rings. The van der Waals surface area contributed by atoms with Gasteiger partial charge in [0.1, 0.15) is 6.54 Å². The van der Waals surface area contributed by atoms with E-state index in [1.54, 1.807) is 6.92 Å². The number of aromatic nitrogens is 4. The Hall–Kier alpha value is -3.10. The number of nitrogens with one attached hydrogen (secondary N) is 1. The fraction of sp³-hybridized carbons (Fsp3) is 0.417. The Morgan fingerprint density at radius 3 is 2.56 bits per heavy atom. The van der Waals surface area contributed by atoms with Gasteiger partial charge in [0, 0.05) is 12.1 Å². The Morgan fingerprint density at radius 1 is 1.12 bits per heavy atom. The molecule has 2 aromatic carbocycles. The summed E-state index contributed by atoms with van der Waals surface area (Å²) in [7, 11) is 0. The van der Waals surface area contributed by atoms with Gasteiger partial charge < -0.3 is 10.5 Å². The third-order valence-corrected chi connectivity index (χ3v) is 5.95. The largest absolute Gasteiger partial charge is 0.465 e. The van der Waals surface area contributed by atoms with E-state index in [2.05, 4.69) is 57.2 Å². The summed E-state index contributed by atoms with van der Waals surface area (Å²) >= 11 is 0. The van der Waals surface area contributed by atoms with Gasteiger partial charge in [-0.25, -0.2) is 4.68 Å². The molecule has 0 amide bonds. The summed E-state index contributed by atoms with van der Waals surface area (Å²) in [4.78, 5) is 12.1. The lowest BCUT2D eigenvalue weighted by Crippen LogP contribution is -2.49. The topological polar surface area (TPSA) is 108 Å². The van der Waals surface area contributed by atoms with E-state index in [1.807, 2.05) is 18.2 Å². The van der Waals surface area contributed by atoms with E-state index in [4.69, 9.17) is 10.5 Å². The summed E-state index contributed by atoms with van der Waals surface area (Å²) < 4.78 is 6.60. The number of carbonyl (C=O) groups excluding carboxylic acids is 1. The molecule has 1 saturated carbocycles. The Bertz CT molecular complexity index is 1000. The fourth-order valence-electron chi connectivity index (χ4n) is 4.26. The van der Waals surface area contributed by atoms with Crippen molar-refractivity contribution in [2.45, 2.75) is 57.3 Å². The number of benzene rings is 2. The van der Waals surface area contributed by atoms with Crippen LogP contribution < -0.4 is 11.1 Å². The minimum absolute atomic E-state index is 0.0346. The molecule has 1 fully saturated rings. The molecule has 168 valence electrons. The second-order valence-electron chi connectivity index (χ2n) is 8.14. The van der Waals surface area contributed by atoms with E-state index in [0.29, 0.717) is 12.4 Å². The molecule has 1 aromatic heterocycles. The maximum atomic E-state index is 12.1. The van der Waals surface area contributed by atoms with Crippen LogP contribution in [-0.4, -0.2) is 44.9 Å². The van der Waals surface area contributed by atoms with E-state index in [1.165, 1.54) is 4.68 Å². The molecule has 0 aliphatic heterocycles. The quantitative estimate of drug-likeness (QED) is 0.525. The number of ether oxygens (including phenoxy) is 1. The molecule has 3 unspecified atom stereocenters. The molecule has 8 nitrogen and oxygen atoms in total. The summed E-state index contributed by atoms with van der Waals surface area (Å²) in [5.41, 5.74) is 9.73. The van der Waals surface area contributed by atoms with Crippen LogP contribution in [0.4, 0.5) is 0 Å². The van der Waals surface area contributed by atoms with Crippen molar-refractivity contribution >= 4 is 5.97 Å². The highest BCUT2D eigenvalue weighted by molar-refractivity contribution is 5.69. The van der Waals surface area contributed by atoms with Crippen molar-refractivity contribution in [3.63, 3.8) is 0 Å². The molecule has 0 spiro atoms. The van der Waals surface area contributed by atoms with Crippen molar-refractivity contribution in [2.75, 3.05) is 6.61 Å². The highest BCUT2D eigenvalue weighted by Crippen LogP contribution is 2.27. The van der Waals surface area contributed by atoms with Crippen LogP contribution in [0.1, 0.15) is 50.0 Å². The molecule has 32 heavy (non-hydrogen) atoms. The van der Waals surface area contributed by atoms with Crippen LogP contribution in [-0.2, 0) is 16.1 Å². The number of hydrogen-bond acceptors (Lipinski definition) is 7. The molecular formula is C24H30N6O2. The average Bonchev–Trinajstić information content (AvgIpc) is 3.27. The van der Waals surface area contributed by atoms with Crippen molar-refractivity contribution in [3.05, 3.63) is 66.0 Å². The highest BCUT2D eigenvalue weighted by atomic mass is 16.5. The second kappa shape index (κ2) is 10.5. The zero-order valence-corrected chi connectivity index (χ0v) is 18.4. The maximum Gasteiger partial charge on any atom is 0.327 e. The Kier molecular flexibility index (Phi) is 7.24. The number of nitrogens with zero attached hydrogens (tertiary/aromatic N) is 4. The van der Waals surface area contributed by atoms with E-state index in [9.17, 15) is 4.79 Å². The van der Waals surface area contributed by atoms with E-state index < -0.39 is 0 Å². The van der Waals surface area contributed by atoms with Crippen molar-refractivity contribution in [1.82, 2.24) is 25.5 Å².